The number of benzene rings is 2. The van der Waals surface area contributed by atoms with Crippen LogP contribution in [0.25, 0.3) is 0 Å². The van der Waals surface area contributed by atoms with Gasteiger partial charge in [0.15, 0.2) is 10.6 Å². The Kier molecular flexibility index (Phi) is 36.5. The molecule has 0 aromatic heterocycles. The molecule has 0 amide bonds. The fourth-order valence-electron chi connectivity index (χ4n) is 6.74. The third-order valence-electron chi connectivity index (χ3n) is 10.8. The van der Waals surface area contributed by atoms with E-state index in [1.54, 1.807) is 0 Å². The topological polar surface area (TPSA) is 125 Å². The Morgan fingerprint density at radius 1 is 0.375 bits per heavy atom. The zero-order valence-corrected chi connectivity index (χ0v) is 54.5. The van der Waals surface area contributed by atoms with Crippen molar-refractivity contribution < 1.29 is 77.9 Å². The molecule has 418 valence electrons. The van der Waals surface area contributed by atoms with Gasteiger partial charge >= 0.3 is 83.1 Å². The van der Waals surface area contributed by atoms with E-state index >= 15 is 0 Å². The van der Waals surface area contributed by atoms with Gasteiger partial charge in [-0.2, -0.15) is 0 Å². The Morgan fingerprint density at radius 3 is 0.792 bits per heavy atom. The van der Waals surface area contributed by atoms with Crippen molar-refractivity contribution in [3.05, 3.63) is 48.5 Å². The fraction of sp³-hybridized carbons (Fsp3) is 0.750. The molecule has 0 aliphatic carbocycles. The van der Waals surface area contributed by atoms with Gasteiger partial charge in [0.05, 0.1) is 26.4 Å². The summed E-state index contributed by atoms with van der Waals surface area (Å²) in [6, 6.07) is 16.5. The number of halogens is 6. The van der Waals surface area contributed by atoms with E-state index in [1.807, 2.05) is 24.3 Å². The molecule has 24 heteroatoms. The molecule has 0 radical (unpaired) electrons. The molecule has 8 aliphatic rings. The molecule has 10 rings (SSSR count). The number of hydrogen-bond acceptors (Lipinski definition) is 8. The average Bonchev–Trinajstić information content (AvgIpc) is 4.21. The minimum absolute atomic E-state index is 0.0843. The van der Waals surface area contributed by atoms with Crippen LogP contribution in [-0.2, 0) is 59.0 Å². The summed E-state index contributed by atoms with van der Waals surface area (Å²) < 4.78 is 64.5. The van der Waals surface area contributed by atoms with E-state index in [1.165, 1.54) is 51.4 Å². The van der Waals surface area contributed by atoms with Gasteiger partial charge in [-0.05, 0) is 24.3 Å². The van der Waals surface area contributed by atoms with E-state index in [0.717, 1.165) is 127 Å². The van der Waals surface area contributed by atoms with Crippen LogP contribution in [-0.4, -0.2) is 125 Å². The molecular formula is C48H86Cl6Cr2O12P4+6. The number of ether oxygens (including phenoxy) is 4. The number of aliphatic hydroxyl groups is 8. The molecule has 0 unspecified atom stereocenters. The molecule has 8 aliphatic heterocycles. The Bertz CT molecular complexity index is 1410. The monoisotopic (exact) mass is 1290 g/mol. The quantitative estimate of drug-likeness (QED) is 0.219. The molecule has 4 N–H and O–H groups in total. The Hall–Kier alpha value is 2.48. The van der Waals surface area contributed by atoms with E-state index in [2.05, 4.69) is 98.6 Å². The van der Waals surface area contributed by atoms with Gasteiger partial charge in [-0.1, -0.05) is 79.7 Å². The van der Waals surface area contributed by atoms with Crippen LogP contribution in [0.15, 0.2) is 48.5 Å². The predicted molar refractivity (Wildman–Crippen MR) is 304 cm³/mol. The van der Waals surface area contributed by atoms with E-state index < -0.39 is 56.3 Å². The van der Waals surface area contributed by atoms with Crippen LogP contribution in [0, 0.1) is 21.7 Å². The molecule has 72 heavy (non-hydrogen) atoms. The summed E-state index contributed by atoms with van der Waals surface area (Å²) in [5.41, 5.74) is 0.362. The van der Waals surface area contributed by atoms with Crippen molar-refractivity contribution in [2.24, 2.45) is 21.7 Å². The fourth-order valence-corrected chi connectivity index (χ4v) is 15.3. The summed E-state index contributed by atoms with van der Waals surface area (Å²) in [7, 11) is 24.6. The zero-order valence-electron chi connectivity index (χ0n) is 43.6. The average molecular weight is 1300 g/mol. The van der Waals surface area contributed by atoms with Crippen LogP contribution < -0.4 is 21.2 Å². The van der Waals surface area contributed by atoms with Crippen molar-refractivity contribution in [3.63, 3.8) is 0 Å². The summed E-state index contributed by atoms with van der Waals surface area (Å²) in [6.45, 7) is 32.2. The molecule has 0 bridgehead atoms. The van der Waals surface area contributed by atoms with Gasteiger partial charge < -0.3 is 37.0 Å². The third-order valence-corrected chi connectivity index (χ3v) is 17.7. The van der Waals surface area contributed by atoms with Crippen LogP contribution in [0.1, 0.15) is 107 Å². The molecule has 8 heterocycles. The Labute approximate surface area is 471 Å². The van der Waals surface area contributed by atoms with Gasteiger partial charge in [0, 0.05) is 83.6 Å². The van der Waals surface area contributed by atoms with Crippen molar-refractivity contribution >= 4 is 115 Å². The normalized spacial score (nSPS) is 23.6. The first-order valence-electron chi connectivity index (χ1n) is 24.7. The summed E-state index contributed by atoms with van der Waals surface area (Å²) in [5.74, 6) is 0. The molecule has 2 aromatic rings. The number of hydrogen-bond donors (Lipinski definition) is 0. The van der Waals surface area contributed by atoms with Crippen molar-refractivity contribution in [2.75, 3.05) is 106 Å². The van der Waals surface area contributed by atoms with Crippen LogP contribution in [0.3, 0.4) is 0 Å². The van der Waals surface area contributed by atoms with Gasteiger partial charge in [0.2, 0.25) is 16.8 Å². The molecule has 2 aromatic carbocycles. The van der Waals surface area contributed by atoms with Crippen molar-refractivity contribution in [3.8, 4) is 0 Å². The van der Waals surface area contributed by atoms with E-state index in [9.17, 15) is 0 Å². The Balaban J connectivity index is 0.000000249. The van der Waals surface area contributed by atoms with Crippen LogP contribution in [0.4, 0.5) is 0 Å². The maximum atomic E-state index is 6.04. The standard InChI is InChI=1S/2C16H24O4P2.4C4H8O.6ClH.2Cr/c2*1-15(2)9-17-21(18-10-15)13-7-5-6-8-14(13)22-19-11-16(3,4)12-20-22;4*1-2-4-5-3-1;;;;;;;;/h2*5-8H,9-12H2,1-4H3;4*1-4H2;6*1H;;/q;;;;;;;;;;;;2*+3. The van der Waals surface area contributed by atoms with Crippen molar-refractivity contribution in [1.82, 2.24) is 0 Å². The molecule has 0 atom stereocenters. The molecule has 8 fully saturated rings. The number of rotatable bonds is 4. The maximum absolute atomic E-state index is 6.04. The van der Waals surface area contributed by atoms with Gasteiger partial charge in [0.1, 0.15) is 79.3 Å². The SMILES string of the molecule is C1CC[OH+]C1.C1CC[OH+]C1.C1CC[OH+]C1.C1CC[OH+]C1.CC1(C)COP(c2ccccc2P2OCC(C)(C)CO2)OC1.CC1(C)CO[PH+](c2ccccc2[PH+]2OCC(C)(C)CO2)OC1.[Cl][Cr]([Cl])[Cl].[Cl][Cr]([Cl])[Cl]. The Morgan fingerprint density at radius 2 is 0.583 bits per heavy atom. The van der Waals surface area contributed by atoms with Gasteiger partial charge in [-0.15, -0.1) is 0 Å². The predicted octanol–water partition coefficient (Wildman–Crippen LogP) is 12.2. The van der Waals surface area contributed by atoms with E-state index in [-0.39, 0.29) is 21.7 Å². The zero-order chi connectivity index (χ0) is 52.9. The summed E-state index contributed by atoms with van der Waals surface area (Å²) in [5, 5.41) is 4.49. The van der Waals surface area contributed by atoms with E-state index in [4.69, 9.17) is 96.5 Å². The molecule has 12 nitrogen and oxygen atoms in total. The van der Waals surface area contributed by atoms with Crippen molar-refractivity contribution in [1.29, 1.82) is 0 Å². The van der Waals surface area contributed by atoms with Gasteiger partial charge in [0.25, 0.3) is 16.8 Å². The minimum atomic E-state index is -1.62. The van der Waals surface area contributed by atoms with Crippen LogP contribution in [0.2, 0.25) is 0 Å². The van der Waals surface area contributed by atoms with Crippen LogP contribution in [0.5, 0.6) is 0 Å². The van der Waals surface area contributed by atoms with Gasteiger partial charge in [-0.3, -0.25) is 0 Å². The van der Waals surface area contributed by atoms with Gasteiger partial charge in [-0.25, -0.2) is 18.1 Å². The first kappa shape index (κ1) is 68.8. The van der Waals surface area contributed by atoms with Crippen molar-refractivity contribution in [2.45, 2.75) is 107 Å². The molecular weight excluding hydrogens is 1210 g/mol. The first-order valence-corrected chi connectivity index (χ1v) is 40.3. The summed E-state index contributed by atoms with van der Waals surface area (Å²) in [6.07, 6.45) is 10.7. The second-order valence-corrected chi connectivity index (χ2v) is 39.9. The molecule has 0 saturated carbocycles. The van der Waals surface area contributed by atoms with E-state index in [0.29, 0.717) is 0 Å². The second-order valence-electron chi connectivity index (χ2n) is 20.9. The third kappa shape index (κ3) is 31.5. The summed E-state index contributed by atoms with van der Waals surface area (Å²) in [4.78, 5) is 0. The summed E-state index contributed by atoms with van der Waals surface area (Å²) >= 11 is -3.25. The van der Waals surface area contributed by atoms with Crippen LogP contribution >= 0.6 is 93.8 Å². The first-order chi connectivity index (χ1) is 34.2. The molecule has 0 spiro atoms. The second kappa shape index (κ2) is 38.2. The molecule has 8 saturated heterocycles.